The topological polar surface area (TPSA) is 96.9 Å². The molecule has 0 aromatic heterocycles. The molecule has 14 heteroatoms. The van der Waals surface area contributed by atoms with Gasteiger partial charge in [0.1, 0.15) is 11.4 Å². The van der Waals surface area contributed by atoms with Crippen LogP contribution in [0.4, 0.5) is 36.4 Å². The average molecular weight is 632 g/mol. The lowest BCUT2D eigenvalue weighted by atomic mass is 9.83. The van der Waals surface area contributed by atoms with Gasteiger partial charge in [-0.3, -0.25) is 14.4 Å². The molecule has 0 aliphatic carbocycles. The lowest BCUT2D eigenvalue weighted by molar-refractivity contribution is -0.171. The summed E-state index contributed by atoms with van der Waals surface area (Å²) in [4.78, 5) is 44.2. The molecule has 1 aliphatic rings. The number of esters is 1. The summed E-state index contributed by atoms with van der Waals surface area (Å²) in [5.74, 6) is -8.06. The normalized spacial score (nSPS) is 17.0. The first kappa shape index (κ1) is 34.5. The molecule has 7 nitrogen and oxygen atoms in total. The lowest BCUT2D eigenvalue weighted by Crippen LogP contribution is -2.48. The number of alkyl halides is 6. The third-order valence-electron chi connectivity index (χ3n) is 6.67. The second kappa shape index (κ2) is 13.3. The number of hydrogen-bond acceptors (Lipinski definition) is 5. The Hall–Kier alpha value is -3.97. The largest absolute Gasteiger partial charge is 0.460 e. The number of carbonyl (C=O) groups excluding carboxylic acids is 3. The summed E-state index contributed by atoms with van der Waals surface area (Å²) >= 11 is 0. The van der Waals surface area contributed by atoms with Crippen LogP contribution in [0.2, 0.25) is 0 Å². The van der Waals surface area contributed by atoms with E-state index in [1.165, 1.54) is 39.0 Å². The van der Waals surface area contributed by atoms with Crippen molar-refractivity contribution in [2.45, 2.75) is 77.5 Å². The van der Waals surface area contributed by atoms with Gasteiger partial charge in [-0.15, -0.1) is 0 Å². The number of hydrogen-bond donors (Lipinski definition) is 2. The van der Waals surface area contributed by atoms with Crippen LogP contribution in [0.3, 0.4) is 0 Å². The molecule has 0 spiro atoms. The third-order valence-corrected chi connectivity index (χ3v) is 6.67. The summed E-state index contributed by atoms with van der Waals surface area (Å²) in [6.45, 7) is 5.90. The molecule has 2 aromatic carbocycles. The van der Waals surface area contributed by atoms with Gasteiger partial charge in [0.15, 0.2) is 0 Å². The summed E-state index contributed by atoms with van der Waals surface area (Å²) in [6, 6.07) is 10.1. The zero-order valence-corrected chi connectivity index (χ0v) is 24.3. The molecule has 3 unspecified atom stereocenters. The third kappa shape index (κ3) is 9.78. The van der Waals surface area contributed by atoms with E-state index in [0.29, 0.717) is 11.1 Å². The van der Waals surface area contributed by atoms with Gasteiger partial charge in [-0.2, -0.15) is 26.3 Å². The number of benzodiazepines with no additional fused rings is 1. The Kier molecular flexibility index (Phi) is 10.5. The van der Waals surface area contributed by atoms with Crippen molar-refractivity contribution in [3.63, 3.8) is 0 Å². The van der Waals surface area contributed by atoms with Crippen LogP contribution < -0.4 is 10.6 Å². The Bertz CT molecular complexity index is 1410. The summed E-state index contributed by atoms with van der Waals surface area (Å²) in [6.07, 6.45) is -16.7. The SMILES string of the molecule is Cc1cccc2c1NC(=O)C(NC(=O)C(CCC(F)(F)F)C(CCC(F)(F)F)C(=O)OC(C)(C)C)N=C2c1cccc(F)c1. The zero-order valence-electron chi connectivity index (χ0n) is 24.3. The highest BCUT2D eigenvalue weighted by Crippen LogP contribution is 2.35. The Labute approximate surface area is 249 Å². The summed E-state index contributed by atoms with van der Waals surface area (Å²) in [7, 11) is 0. The van der Waals surface area contributed by atoms with Crippen LogP contribution >= 0.6 is 0 Å². The second-order valence-electron chi connectivity index (χ2n) is 11.4. The Morgan fingerprint density at radius 2 is 1.55 bits per heavy atom. The smallest absolute Gasteiger partial charge is 0.389 e. The Morgan fingerprint density at radius 3 is 2.11 bits per heavy atom. The maximum absolute atomic E-state index is 14.2. The van der Waals surface area contributed by atoms with Crippen molar-refractivity contribution < 1.29 is 49.9 Å². The quantitative estimate of drug-likeness (QED) is 0.240. The molecule has 3 atom stereocenters. The molecular formula is C30H32F7N3O4. The fourth-order valence-electron chi connectivity index (χ4n) is 4.70. The number of nitrogens with one attached hydrogen (secondary N) is 2. The number of carbonyl (C=O) groups is 3. The van der Waals surface area contributed by atoms with Gasteiger partial charge in [0.05, 0.1) is 23.2 Å². The van der Waals surface area contributed by atoms with Crippen molar-refractivity contribution in [3.8, 4) is 0 Å². The second-order valence-corrected chi connectivity index (χ2v) is 11.4. The molecule has 0 radical (unpaired) electrons. The molecule has 240 valence electrons. The first-order valence-corrected chi connectivity index (χ1v) is 13.7. The molecule has 0 saturated heterocycles. The number of para-hydroxylation sites is 1. The highest BCUT2D eigenvalue weighted by molar-refractivity contribution is 6.20. The molecule has 2 N–H and O–H groups in total. The minimum absolute atomic E-state index is 0.0551. The van der Waals surface area contributed by atoms with Crippen LogP contribution in [-0.4, -0.2) is 47.6 Å². The highest BCUT2D eigenvalue weighted by atomic mass is 19.4. The van der Waals surface area contributed by atoms with Crippen molar-refractivity contribution in [2.24, 2.45) is 16.8 Å². The van der Waals surface area contributed by atoms with Gasteiger partial charge in [0.25, 0.3) is 5.91 Å². The van der Waals surface area contributed by atoms with E-state index < -0.39 is 85.2 Å². The molecule has 1 aliphatic heterocycles. The van der Waals surface area contributed by atoms with Crippen molar-refractivity contribution in [1.82, 2.24) is 5.32 Å². The predicted molar refractivity (Wildman–Crippen MR) is 147 cm³/mol. The van der Waals surface area contributed by atoms with E-state index in [1.54, 1.807) is 25.1 Å². The van der Waals surface area contributed by atoms with E-state index >= 15 is 0 Å². The maximum atomic E-state index is 14.2. The van der Waals surface area contributed by atoms with Gasteiger partial charge in [-0.25, -0.2) is 9.38 Å². The highest BCUT2D eigenvalue weighted by Gasteiger charge is 2.42. The zero-order chi connectivity index (χ0) is 33.0. The monoisotopic (exact) mass is 631 g/mol. The van der Waals surface area contributed by atoms with Crippen molar-refractivity contribution >= 4 is 29.2 Å². The average Bonchev–Trinajstić information content (AvgIpc) is 3.00. The molecule has 44 heavy (non-hydrogen) atoms. The van der Waals surface area contributed by atoms with E-state index in [1.807, 2.05) is 0 Å². The molecule has 3 rings (SSSR count). The van der Waals surface area contributed by atoms with Crippen LogP contribution in [0, 0.1) is 24.6 Å². The van der Waals surface area contributed by atoms with E-state index in [9.17, 15) is 45.1 Å². The van der Waals surface area contributed by atoms with Crippen molar-refractivity contribution in [1.29, 1.82) is 0 Å². The number of anilines is 1. The molecule has 0 fully saturated rings. The van der Waals surface area contributed by atoms with Crippen molar-refractivity contribution in [3.05, 3.63) is 65.0 Å². The Balaban J connectivity index is 2.06. The van der Waals surface area contributed by atoms with Crippen LogP contribution in [0.25, 0.3) is 0 Å². The first-order chi connectivity index (χ1) is 20.2. The van der Waals surface area contributed by atoms with Gasteiger partial charge in [0.2, 0.25) is 12.1 Å². The lowest BCUT2D eigenvalue weighted by Gasteiger charge is -2.30. The Morgan fingerprint density at radius 1 is 0.955 bits per heavy atom. The number of fused-ring (bicyclic) bond motifs is 1. The summed E-state index contributed by atoms with van der Waals surface area (Å²) in [5, 5.41) is 4.82. The molecule has 2 amide bonds. The van der Waals surface area contributed by atoms with Gasteiger partial charge < -0.3 is 15.4 Å². The summed E-state index contributed by atoms with van der Waals surface area (Å²) in [5.41, 5.74) is 0.242. The number of amides is 2. The number of benzene rings is 2. The fraction of sp³-hybridized carbons (Fsp3) is 0.467. The maximum Gasteiger partial charge on any atom is 0.389 e. The number of ether oxygens (including phenoxy) is 1. The van der Waals surface area contributed by atoms with Crippen LogP contribution in [0.5, 0.6) is 0 Å². The summed E-state index contributed by atoms with van der Waals surface area (Å²) < 4.78 is 98.8. The van der Waals surface area contributed by atoms with Gasteiger partial charge >= 0.3 is 18.3 Å². The van der Waals surface area contributed by atoms with E-state index in [0.717, 1.165) is 6.07 Å². The fourth-order valence-corrected chi connectivity index (χ4v) is 4.70. The predicted octanol–water partition coefficient (Wildman–Crippen LogP) is 6.63. The van der Waals surface area contributed by atoms with E-state index in [4.69, 9.17) is 4.74 Å². The van der Waals surface area contributed by atoms with Crippen LogP contribution in [0.15, 0.2) is 47.5 Å². The van der Waals surface area contributed by atoms with Crippen LogP contribution in [-0.2, 0) is 19.1 Å². The molecular weight excluding hydrogens is 599 g/mol. The number of halogens is 7. The van der Waals surface area contributed by atoms with Gasteiger partial charge in [0, 0.05) is 24.0 Å². The minimum atomic E-state index is -4.82. The van der Waals surface area contributed by atoms with Crippen LogP contribution in [0.1, 0.15) is 63.1 Å². The minimum Gasteiger partial charge on any atom is -0.460 e. The van der Waals surface area contributed by atoms with E-state index in [-0.39, 0.29) is 17.0 Å². The molecule has 0 saturated carbocycles. The number of nitrogens with zero attached hydrogens (tertiary/aromatic N) is 1. The van der Waals surface area contributed by atoms with Gasteiger partial charge in [-0.1, -0.05) is 30.3 Å². The van der Waals surface area contributed by atoms with E-state index in [2.05, 4.69) is 15.6 Å². The number of aliphatic imine (C=N–C) groups is 1. The molecule has 0 bridgehead atoms. The van der Waals surface area contributed by atoms with Crippen molar-refractivity contribution in [2.75, 3.05) is 5.32 Å². The van der Waals surface area contributed by atoms with Gasteiger partial charge in [-0.05, 0) is 58.2 Å². The molecule has 2 aromatic rings. The number of rotatable bonds is 9. The number of aryl methyl sites for hydroxylation is 1. The standard InChI is InChI=1S/C30H32F7N3O4/c1-16-7-5-10-21-22(16)39-26(42)24(38-23(21)17-8-6-9-18(31)15-17)40-25(41)19(11-13-29(32,33)34)20(12-14-30(35,36)37)27(43)44-28(2,3)4/h5-10,15,19-20,24H,11-14H2,1-4H3,(H,39,42)(H,40,41). The first-order valence-electron chi connectivity index (χ1n) is 13.7. The molecule has 1 heterocycles.